The Hall–Kier alpha value is -0.120. The van der Waals surface area contributed by atoms with Crippen molar-refractivity contribution >= 4 is 0 Å². The number of ether oxygens (including phenoxy) is 1. The monoisotopic (exact) mass is 132 g/mol. The Morgan fingerprint density at radius 1 is 1.67 bits per heavy atom. The molecule has 1 aliphatic heterocycles. The Morgan fingerprint density at radius 3 is 2.67 bits per heavy atom. The molecule has 0 aromatic rings. The fourth-order valence-corrected chi connectivity index (χ4v) is 1.01. The van der Waals surface area contributed by atoms with Crippen molar-refractivity contribution in [2.45, 2.75) is 31.7 Å². The lowest BCUT2D eigenvalue weighted by Crippen LogP contribution is -2.38. The first-order valence-corrected chi connectivity index (χ1v) is 3.14. The Kier molecular flexibility index (Phi) is 1.75. The predicted octanol–water partition coefficient (Wildman–Crippen LogP) is -0.134. The molecule has 1 aliphatic rings. The molecule has 0 aromatic heterocycles. The summed E-state index contributed by atoms with van der Waals surface area (Å²) in [6.07, 6.45) is 0.567. The fraction of sp³-hybridized carbons (Fsp3) is 1.00. The van der Waals surface area contributed by atoms with Crippen molar-refractivity contribution in [2.24, 2.45) is 0 Å². The fourth-order valence-electron chi connectivity index (χ4n) is 1.01. The quantitative estimate of drug-likeness (QED) is 0.482. The second-order valence-electron chi connectivity index (χ2n) is 2.67. The molecule has 1 rings (SSSR count). The second kappa shape index (κ2) is 2.25. The van der Waals surface area contributed by atoms with Crippen LogP contribution in [-0.4, -0.2) is 28.7 Å². The Bertz CT molecular complexity index is 100. The van der Waals surface area contributed by atoms with Crippen LogP contribution in [0.2, 0.25) is 0 Å². The summed E-state index contributed by atoms with van der Waals surface area (Å²) in [7, 11) is 0. The normalized spacial score (nSPS) is 45.0. The molecule has 0 unspecified atom stereocenters. The molecule has 3 heteroatoms. The summed E-state index contributed by atoms with van der Waals surface area (Å²) in [5, 5.41) is 18.2. The molecule has 54 valence electrons. The van der Waals surface area contributed by atoms with Crippen LogP contribution in [0.4, 0.5) is 0 Å². The Labute approximate surface area is 54.3 Å². The zero-order chi connectivity index (χ0) is 6.91. The molecule has 0 spiro atoms. The summed E-state index contributed by atoms with van der Waals surface area (Å²) in [6.45, 7) is 2.02. The van der Waals surface area contributed by atoms with E-state index in [9.17, 15) is 0 Å². The van der Waals surface area contributed by atoms with Gasteiger partial charge < -0.3 is 14.9 Å². The summed E-state index contributed by atoms with van der Waals surface area (Å²) < 4.78 is 4.93. The van der Waals surface area contributed by atoms with Gasteiger partial charge in [-0.2, -0.15) is 0 Å². The average molecular weight is 132 g/mol. The molecule has 2 N–H and O–H groups in total. The summed E-state index contributed by atoms with van der Waals surface area (Å²) in [5.41, 5.74) is 0. The van der Waals surface area contributed by atoms with E-state index in [2.05, 4.69) is 0 Å². The van der Waals surface area contributed by atoms with Crippen LogP contribution in [0.15, 0.2) is 0 Å². The third-order valence-electron chi connectivity index (χ3n) is 1.48. The van der Waals surface area contributed by atoms with E-state index >= 15 is 0 Å². The van der Waals surface area contributed by atoms with Crippen LogP contribution in [-0.2, 0) is 4.74 Å². The first kappa shape index (κ1) is 6.99. The summed E-state index contributed by atoms with van der Waals surface area (Å²) >= 11 is 0. The van der Waals surface area contributed by atoms with Gasteiger partial charge in [-0.05, 0) is 13.3 Å². The molecular weight excluding hydrogens is 120 g/mol. The molecule has 0 aliphatic carbocycles. The molecule has 0 radical (unpaired) electrons. The van der Waals surface area contributed by atoms with Crippen molar-refractivity contribution in [3.63, 3.8) is 0 Å². The van der Waals surface area contributed by atoms with Gasteiger partial charge in [0.15, 0.2) is 5.79 Å². The standard InChI is InChI=1S/C6H12O3/c1-6(8)4-5(7)2-3-9-6/h5,7-8H,2-4H2,1H3/t5-,6-/m1/s1. The van der Waals surface area contributed by atoms with E-state index in [1.54, 1.807) is 6.92 Å². The van der Waals surface area contributed by atoms with Crippen molar-refractivity contribution < 1.29 is 14.9 Å². The van der Waals surface area contributed by atoms with Gasteiger partial charge in [0, 0.05) is 6.42 Å². The van der Waals surface area contributed by atoms with Gasteiger partial charge in [0.25, 0.3) is 0 Å². The predicted molar refractivity (Wildman–Crippen MR) is 31.8 cm³/mol. The van der Waals surface area contributed by atoms with Crippen molar-refractivity contribution in [3.05, 3.63) is 0 Å². The SMILES string of the molecule is C[C@]1(O)C[C@H](O)CCO1. The van der Waals surface area contributed by atoms with Gasteiger partial charge in [0.2, 0.25) is 0 Å². The maximum Gasteiger partial charge on any atom is 0.165 e. The Balaban J connectivity index is 2.41. The maximum atomic E-state index is 9.16. The van der Waals surface area contributed by atoms with E-state index in [0.717, 1.165) is 0 Å². The second-order valence-corrected chi connectivity index (χ2v) is 2.67. The molecule has 2 atom stereocenters. The van der Waals surface area contributed by atoms with Crippen LogP contribution >= 0.6 is 0 Å². The largest absolute Gasteiger partial charge is 0.393 e. The van der Waals surface area contributed by atoms with Crippen molar-refractivity contribution in [1.29, 1.82) is 0 Å². The minimum Gasteiger partial charge on any atom is -0.393 e. The highest BCUT2D eigenvalue weighted by Crippen LogP contribution is 2.20. The van der Waals surface area contributed by atoms with Crippen molar-refractivity contribution in [1.82, 2.24) is 0 Å². The molecule has 1 fully saturated rings. The van der Waals surface area contributed by atoms with Crippen LogP contribution < -0.4 is 0 Å². The van der Waals surface area contributed by atoms with Crippen LogP contribution in [0.3, 0.4) is 0 Å². The van der Waals surface area contributed by atoms with E-state index in [1.807, 2.05) is 0 Å². The zero-order valence-corrected chi connectivity index (χ0v) is 5.50. The molecule has 9 heavy (non-hydrogen) atoms. The first-order chi connectivity index (χ1) is 4.10. The van der Waals surface area contributed by atoms with Crippen LogP contribution in [0.1, 0.15) is 19.8 Å². The van der Waals surface area contributed by atoms with Gasteiger partial charge >= 0.3 is 0 Å². The Morgan fingerprint density at radius 2 is 2.33 bits per heavy atom. The number of rotatable bonds is 0. The minimum absolute atomic E-state index is 0.326. The highest BCUT2D eigenvalue weighted by molar-refractivity contribution is 4.71. The van der Waals surface area contributed by atoms with E-state index < -0.39 is 11.9 Å². The average Bonchev–Trinajstić information content (AvgIpc) is 1.60. The van der Waals surface area contributed by atoms with E-state index in [4.69, 9.17) is 14.9 Å². The first-order valence-electron chi connectivity index (χ1n) is 3.14. The molecule has 0 saturated carbocycles. The van der Waals surface area contributed by atoms with Crippen LogP contribution in [0.5, 0.6) is 0 Å². The summed E-state index contributed by atoms with van der Waals surface area (Å²) in [4.78, 5) is 0. The number of hydrogen-bond donors (Lipinski definition) is 2. The van der Waals surface area contributed by atoms with Crippen molar-refractivity contribution in [2.75, 3.05) is 6.61 Å². The molecule has 0 amide bonds. The van der Waals surface area contributed by atoms with E-state index in [1.165, 1.54) is 0 Å². The van der Waals surface area contributed by atoms with E-state index in [0.29, 0.717) is 19.4 Å². The van der Waals surface area contributed by atoms with Crippen molar-refractivity contribution in [3.8, 4) is 0 Å². The maximum absolute atomic E-state index is 9.16. The smallest absolute Gasteiger partial charge is 0.165 e. The lowest BCUT2D eigenvalue weighted by atomic mass is 10.1. The summed E-state index contributed by atoms with van der Waals surface area (Å²) in [6, 6.07) is 0. The van der Waals surface area contributed by atoms with Crippen LogP contribution in [0, 0.1) is 0 Å². The van der Waals surface area contributed by atoms with Gasteiger partial charge in [0.1, 0.15) is 0 Å². The summed E-state index contributed by atoms with van der Waals surface area (Å²) in [5.74, 6) is -1.10. The molecule has 1 saturated heterocycles. The molecular formula is C6H12O3. The van der Waals surface area contributed by atoms with Gasteiger partial charge in [-0.1, -0.05) is 0 Å². The number of aliphatic hydroxyl groups is 2. The van der Waals surface area contributed by atoms with Gasteiger partial charge in [-0.3, -0.25) is 0 Å². The third kappa shape index (κ3) is 1.93. The minimum atomic E-state index is -1.10. The lowest BCUT2D eigenvalue weighted by molar-refractivity contribution is -0.231. The molecule has 3 nitrogen and oxygen atoms in total. The van der Waals surface area contributed by atoms with Crippen LogP contribution in [0.25, 0.3) is 0 Å². The highest BCUT2D eigenvalue weighted by Gasteiger charge is 2.29. The zero-order valence-electron chi connectivity index (χ0n) is 5.50. The van der Waals surface area contributed by atoms with Gasteiger partial charge in [-0.25, -0.2) is 0 Å². The number of aliphatic hydroxyl groups excluding tert-OH is 1. The topological polar surface area (TPSA) is 49.7 Å². The molecule has 1 heterocycles. The van der Waals surface area contributed by atoms with Gasteiger partial charge in [0.05, 0.1) is 12.7 Å². The lowest BCUT2D eigenvalue weighted by Gasteiger charge is -2.31. The molecule has 0 aromatic carbocycles. The van der Waals surface area contributed by atoms with E-state index in [-0.39, 0.29) is 0 Å². The molecule has 0 bridgehead atoms. The number of hydrogen-bond acceptors (Lipinski definition) is 3. The van der Waals surface area contributed by atoms with Gasteiger partial charge in [-0.15, -0.1) is 0 Å². The highest BCUT2D eigenvalue weighted by atomic mass is 16.6. The third-order valence-corrected chi connectivity index (χ3v) is 1.48.